The van der Waals surface area contributed by atoms with E-state index in [1.54, 1.807) is 7.11 Å². The molecule has 168 valence electrons. The molecule has 1 aliphatic rings. The van der Waals surface area contributed by atoms with Crippen molar-refractivity contribution < 1.29 is 9.53 Å². The first-order valence-corrected chi connectivity index (χ1v) is 11.6. The fourth-order valence-electron chi connectivity index (χ4n) is 4.50. The number of aryl methyl sites for hydroxylation is 1. The van der Waals surface area contributed by atoms with Crippen LogP contribution in [0, 0.1) is 12.8 Å². The minimum absolute atomic E-state index is 0.00168. The van der Waals surface area contributed by atoms with E-state index >= 15 is 0 Å². The Labute approximate surface area is 191 Å². The summed E-state index contributed by atoms with van der Waals surface area (Å²) < 4.78 is 5.57. The van der Waals surface area contributed by atoms with Gasteiger partial charge < -0.3 is 10.1 Å². The predicted octanol–water partition coefficient (Wildman–Crippen LogP) is 5.87. The van der Waals surface area contributed by atoms with Gasteiger partial charge in [-0.3, -0.25) is 9.69 Å². The third-order valence-corrected chi connectivity index (χ3v) is 6.66. The summed E-state index contributed by atoms with van der Waals surface area (Å²) in [5, 5.41) is 4.06. The number of rotatable bonds is 7. The van der Waals surface area contributed by atoms with Crippen molar-refractivity contribution in [1.82, 2.24) is 10.2 Å². The average molecular weight is 443 g/mol. The largest absolute Gasteiger partial charge is 0.496 e. The maximum atomic E-state index is 13.1. The van der Waals surface area contributed by atoms with Crippen LogP contribution in [-0.2, 0) is 11.3 Å². The zero-order valence-corrected chi connectivity index (χ0v) is 20.1. The molecule has 1 heterocycles. The lowest BCUT2D eigenvalue weighted by Crippen LogP contribution is -2.43. The van der Waals surface area contributed by atoms with Gasteiger partial charge in [-0.2, -0.15) is 0 Å². The lowest BCUT2D eigenvalue weighted by atomic mass is 9.92. The smallest absolute Gasteiger partial charge is 0.224 e. The van der Waals surface area contributed by atoms with Crippen LogP contribution in [0.1, 0.15) is 67.8 Å². The van der Waals surface area contributed by atoms with E-state index in [1.807, 2.05) is 18.2 Å². The van der Waals surface area contributed by atoms with Crippen molar-refractivity contribution in [2.45, 2.75) is 59.0 Å². The molecule has 0 saturated carbocycles. The molecule has 1 fully saturated rings. The van der Waals surface area contributed by atoms with Crippen LogP contribution in [0.25, 0.3) is 0 Å². The van der Waals surface area contributed by atoms with Gasteiger partial charge in [0.2, 0.25) is 5.91 Å². The zero-order valence-electron chi connectivity index (χ0n) is 19.4. The highest BCUT2D eigenvalue weighted by atomic mass is 35.5. The fraction of sp³-hybridized carbons (Fsp3) is 0.500. The van der Waals surface area contributed by atoms with E-state index in [0.29, 0.717) is 5.92 Å². The molecule has 3 rings (SSSR count). The van der Waals surface area contributed by atoms with Crippen molar-refractivity contribution in [3.63, 3.8) is 0 Å². The van der Waals surface area contributed by atoms with Crippen molar-refractivity contribution in [3.8, 4) is 5.75 Å². The molecular formula is C26H35ClN2O2. The van der Waals surface area contributed by atoms with Gasteiger partial charge in [0.05, 0.1) is 19.1 Å². The van der Waals surface area contributed by atoms with Gasteiger partial charge in [0.25, 0.3) is 0 Å². The van der Waals surface area contributed by atoms with E-state index in [9.17, 15) is 4.79 Å². The van der Waals surface area contributed by atoms with Crippen LogP contribution in [0.2, 0.25) is 5.02 Å². The first-order chi connectivity index (χ1) is 14.8. The molecule has 0 spiro atoms. The number of piperidine rings is 1. The molecule has 1 amide bonds. The third-order valence-electron chi connectivity index (χ3n) is 6.29. The molecule has 1 saturated heterocycles. The second-order valence-corrected chi connectivity index (χ2v) is 9.41. The summed E-state index contributed by atoms with van der Waals surface area (Å²) in [5.74, 6) is 1.41. The van der Waals surface area contributed by atoms with E-state index < -0.39 is 0 Å². The quantitative estimate of drug-likeness (QED) is 0.583. The van der Waals surface area contributed by atoms with E-state index in [2.05, 4.69) is 56.1 Å². The molecule has 0 aromatic heterocycles. The molecule has 0 aliphatic carbocycles. The number of amides is 1. The second-order valence-electron chi connectivity index (χ2n) is 9.00. The maximum Gasteiger partial charge on any atom is 0.224 e. The highest BCUT2D eigenvalue weighted by Gasteiger charge is 2.27. The molecule has 0 bridgehead atoms. The summed E-state index contributed by atoms with van der Waals surface area (Å²) in [4.78, 5) is 15.5. The van der Waals surface area contributed by atoms with Crippen LogP contribution in [0.4, 0.5) is 0 Å². The first-order valence-electron chi connectivity index (χ1n) is 11.2. The van der Waals surface area contributed by atoms with Crippen molar-refractivity contribution in [1.29, 1.82) is 0 Å². The third kappa shape index (κ3) is 5.81. The Balaban J connectivity index is 1.67. The van der Waals surface area contributed by atoms with Gasteiger partial charge in [-0.15, -0.1) is 0 Å². The first kappa shape index (κ1) is 23.6. The molecule has 0 unspecified atom stereocenters. The second kappa shape index (κ2) is 10.5. The topological polar surface area (TPSA) is 41.6 Å². The molecular weight excluding hydrogens is 408 g/mol. The molecule has 31 heavy (non-hydrogen) atoms. The lowest BCUT2D eigenvalue weighted by molar-refractivity contribution is -0.127. The predicted molar refractivity (Wildman–Crippen MR) is 128 cm³/mol. The molecule has 1 aliphatic heterocycles. The normalized spacial score (nSPS) is 18.1. The summed E-state index contributed by atoms with van der Waals surface area (Å²) in [7, 11) is 1.71. The van der Waals surface area contributed by atoms with Gasteiger partial charge in [-0.1, -0.05) is 43.6 Å². The number of ether oxygens (including phenoxy) is 1. The number of nitrogens with one attached hydrogen (secondary N) is 1. The van der Waals surface area contributed by atoms with E-state index in [4.69, 9.17) is 16.3 Å². The van der Waals surface area contributed by atoms with Gasteiger partial charge in [0, 0.05) is 18.1 Å². The molecule has 0 radical (unpaired) electrons. The Kier molecular flexibility index (Phi) is 8.01. The maximum absolute atomic E-state index is 13.1. The van der Waals surface area contributed by atoms with Crippen LogP contribution in [-0.4, -0.2) is 31.0 Å². The van der Waals surface area contributed by atoms with Crippen molar-refractivity contribution in [3.05, 3.63) is 63.7 Å². The number of methoxy groups -OCH3 is 1. The Morgan fingerprint density at radius 2 is 1.97 bits per heavy atom. The standard InChI is InChI=1S/C26H35ClN2O2/c1-17(2)22-14-23(18(3)13-25(22)31-5)19(4)28-26(30)21-10-8-12-29(16-21)15-20-9-6-7-11-24(20)27/h6-7,9,11,13-14,17,19,21H,8,10,12,15-16H2,1-5H3,(H,28,30)/t19-,21+/m1/s1. The lowest BCUT2D eigenvalue weighted by Gasteiger charge is -2.33. The number of hydrogen-bond acceptors (Lipinski definition) is 3. The summed E-state index contributed by atoms with van der Waals surface area (Å²) >= 11 is 6.34. The molecule has 1 N–H and O–H groups in total. The van der Waals surface area contributed by atoms with Crippen molar-refractivity contribution in [2.24, 2.45) is 5.92 Å². The highest BCUT2D eigenvalue weighted by Crippen LogP contribution is 2.32. The van der Waals surface area contributed by atoms with E-state index in [1.165, 1.54) is 5.56 Å². The van der Waals surface area contributed by atoms with Gasteiger partial charge in [-0.25, -0.2) is 0 Å². The SMILES string of the molecule is COc1cc(C)c([C@@H](C)NC(=O)[C@H]2CCCN(Cc3ccccc3Cl)C2)cc1C(C)C. The van der Waals surface area contributed by atoms with Crippen LogP contribution < -0.4 is 10.1 Å². The Bertz CT molecular complexity index is 912. The van der Waals surface area contributed by atoms with Gasteiger partial charge >= 0.3 is 0 Å². The van der Waals surface area contributed by atoms with Crippen LogP contribution in [0.5, 0.6) is 5.75 Å². The highest BCUT2D eigenvalue weighted by molar-refractivity contribution is 6.31. The molecule has 2 atom stereocenters. The van der Waals surface area contributed by atoms with Gasteiger partial charge in [-0.05, 0) is 79.6 Å². The zero-order chi connectivity index (χ0) is 22.5. The van der Waals surface area contributed by atoms with E-state index in [0.717, 1.165) is 59.9 Å². The number of hydrogen-bond donors (Lipinski definition) is 1. The van der Waals surface area contributed by atoms with Crippen molar-refractivity contribution >= 4 is 17.5 Å². The Morgan fingerprint density at radius 3 is 2.65 bits per heavy atom. The van der Waals surface area contributed by atoms with Gasteiger partial charge in [0.15, 0.2) is 0 Å². The van der Waals surface area contributed by atoms with Crippen molar-refractivity contribution in [2.75, 3.05) is 20.2 Å². The minimum atomic E-state index is -0.0464. The minimum Gasteiger partial charge on any atom is -0.496 e. The average Bonchev–Trinajstić information content (AvgIpc) is 2.75. The molecule has 4 nitrogen and oxygen atoms in total. The monoisotopic (exact) mass is 442 g/mol. The number of halogens is 1. The number of likely N-dealkylation sites (tertiary alicyclic amines) is 1. The Hall–Kier alpha value is -2.04. The van der Waals surface area contributed by atoms with E-state index in [-0.39, 0.29) is 17.9 Å². The molecule has 2 aromatic carbocycles. The van der Waals surface area contributed by atoms with Crippen LogP contribution in [0.15, 0.2) is 36.4 Å². The summed E-state index contributed by atoms with van der Waals surface area (Å²) in [6, 6.07) is 12.2. The fourth-order valence-corrected chi connectivity index (χ4v) is 4.70. The number of carbonyl (C=O) groups excluding carboxylic acids is 1. The summed E-state index contributed by atoms with van der Waals surface area (Å²) in [5.41, 5.74) is 4.58. The van der Waals surface area contributed by atoms with Gasteiger partial charge in [0.1, 0.15) is 5.75 Å². The van der Waals surface area contributed by atoms with Crippen LogP contribution >= 0.6 is 11.6 Å². The van der Waals surface area contributed by atoms with Crippen LogP contribution in [0.3, 0.4) is 0 Å². The summed E-state index contributed by atoms with van der Waals surface area (Å²) in [6.45, 7) is 11.0. The summed E-state index contributed by atoms with van der Waals surface area (Å²) in [6.07, 6.45) is 1.95. The number of carbonyl (C=O) groups is 1. The Morgan fingerprint density at radius 1 is 1.23 bits per heavy atom. The molecule has 5 heteroatoms. The number of benzene rings is 2. The molecule has 2 aromatic rings. The number of nitrogens with zero attached hydrogens (tertiary/aromatic N) is 1.